The number of rotatable bonds is 5. The Morgan fingerprint density at radius 1 is 1.22 bits per heavy atom. The zero-order chi connectivity index (χ0) is 19.4. The molecule has 4 atom stereocenters. The van der Waals surface area contributed by atoms with Crippen LogP contribution < -0.4 is 5.32 Å². The second-order valence-corrected chi connectivity index (χ2v) is 7.32. The van der Waals surface area contributed by atoms with Crippen LogP contribution in [-0.4, -0.2) is 38.8 Å². The fraction of sp³-hybridized carbons (Fsp3) is 0.500. The maximum absolute atomic E-state index is 12.4. The SMILES string of the molecule is C[C@@H]1[C@H](C)CCC[C@@H]1NC(=O)[C@@H](C)OC(=O)c1ccc(-n2cncn2)cc1. The molecule has 0 spiro atoms. The summed E-state index contributed by atoms with van der Waals surface area (Å²) in [5, 5.41) is 7.08. The molecule has 1 aromatic heterocycles. The van der Waals surface area contributed by atoms with E-state index in [2.05, 4.69) is 29.2 Å². The third-order valence-corrected chi connectivity index (χ3v) is 5.47. The lowest BCUT2D eigenvalue weighted by Crippen LogP contribution is -2.47. The Morgan fingerprint density at radius 3 is 2.63 bits per heavy atom. The molecule has 144 valence electrons. The molecule has 0 aliphatic heterocycles. The molecule has 3 rings (SSSR count). The van der Waals surface area contributed by atoms with Crippen molar-refractivity contribution in [1.82, 2.24) is 20.1 Å². The Balaban J connectivity index is 1.56. The van der Waals surface area contributed by atoms with Crippen LogP contribution in [0.25, 0.3) is 5.69 Å². The molecule has 0 radical (unpaired) electrons. The molecule has 1 heterocycles. The van der Waals surface area contributed by atoms with Crippen molar-refractivity contribution >= 4 is 11.9 Å². The lowest BCUT2D eigenvalue weighted by atomic mass is 9.78. The van der Waals surface area contributed by atoms with E-state index in [0.29, 0.717) is 17.4 Å². The third-order valence-electron chi connectivity index (χ3n) is 5.47. The fourth-order valence-electron chi connectivity index (χ4n) is 3.46. The topological polar surface area (TPSA) is 86.1 Å². The van der Waals surface area contributed by atoms with Gasteiger partial charge in [0, 0.05) is 6.04 Å². The van der Waals surface area contributed by atoms with E-state index >= 15 is 0 Å². The van der Waals surface area contributed by atoms with Gasteiger partial charge in [-0.3, -0.25) is 4.79 Å². The number of carbonyl (C=O) groups excluding carboxylic acids is 2. The van der Waals surface area contributed by atoms with Gasteiger partial charge in [0.15, 0.2) is 6.10 Å². The average Bonchev–Trinajstić information content (AvgIpc) is 3.20. The number of aromatic nitrogens is 3. The molecular formula is C20H26N4O3. The minimum Gasteiger partial charge on any atom is -0.449 e. The summed E-state index contributed by atoms with van der Waals surface area (Å²) in [6, 6.07) is 6.94. The Bertz CT molecular complexity index is 773. The van der Waals surface area contributed by atoms with E-state index in [1.165, 1.54) is 12.7 Å². The number of hydrogen-bond acceptors (Lipinski definition) is 5. The summed E-state index contributed by atoms with van der Waals surface area (Å²) < 4.78 is 6.94. The lowest BCUT2D eigenvalue weighted by molar-refractivity contribution is -0.130. The number of nitrogens with zero attached hydrogens (tertiary/aromatic N) is 3. The van der Waals surface area contributed by atoms with Gasteiger partial charge in [-0.2, -0.15) is 5.10 Å². The van der Waals surface area contributed by atoms with Gasteiger partial charge in [-0.25, -0.2) is 14.5 Å². The Morgan fingerprint density at radius 2 is 1.96 bits per heavy atom. The van der Waals surface area contributed by atoms with Gasteiger partial charge in [0.2, 0.25) is 0 Å². The number of amides is 1. The minimum atomic E-state index is -0.836. The summed E-state index contributed by atoms with van der Waals surface area (Å²) in [4.78, 5) is 28.7. The van der Waals surface area contributed by atoms with Crippen molar-refractivity contribution < 1.29 is 14.3 Å². The van der Waals surface area contributed by atoms with Crippen molar-refractivity contribution in [2.75, 3.05) is 0 Å². The molecule has 1 aromatic carbocycles. The molecule has 1 N–H and O–H groups in total. The molecule has 1 aliphatic carbocycles. The predicted octanol–water partition coefficient (Wildman–Crippen LogP) is 2.75. The normalized spacial score (nSPS) is 23.4. The number of benzene rings is 1. The van der Waals surface area contributed by atoms with Gasteiger partial charge in [0.1, 0.15) is 12.7 Å². The second-order valence-electron chi connectivity index (χ2n) is 7.32. The average molecular weight is 370 g/mol. The first-order valence-corrected chi connectivity index (χ1v) is 9.42. The van der Waals surface area contributed by atoms with E-state index in [0.717, 1.165) is 18.5 Å². The van der Waals surface area contributed by atoms with Crippen molar-refractivity contribution in [3.8, 4) is 5.69 Å². The molecular weight excluding hydrogens is 344 g/mol. The minimum absolute atomic E-state index is 0.143. The van der Waals surface area contributed by atoms with Crippen LogP contribution in [0.15, 0.2) is 36.9 Å². The standard InChI is InChI=1S/C20H26N4O3/c1-13-5-4-6-18(14(13)2)23-19(25)15(3)27-20(26)16-7-9-17(10-8-16)24-12-21-11-22-24/h7-15,18H,4-6H2,1-3H3,(H,23,25)/t13-,14-,15-,18+/m1/s1. The van der Waals surface area contributed by atoms with Crippen molar-refractivity contribution in [2.45, 2.75) is 52.2 Å². The molecule has 0 saturated heterocycles. The molecule has 0 unspecified atom stereocenters. The van der Waals surface area contributed by atoms with Gasteiger partial charge in [0.05, 0.1) is 11.3 Å². The summed E-state index contributed by atoms with van der Waals surface area (Å²) >= 11 is 0. The van der Waals surface area contributed by atoms with Gasteiger partial charge in [-0.1, -0.05) is 26.7 Å². The van der Waals surface area contributed by atoms with Crippen LogP contribution in [0.5, 0.6) is 0 Å². The number of esters is 1. The number of carbonyl (C=O) groups is 2. The lowest BCUT2D eigenvalue weighted by Gasteiger charge is -2.35. The van der Waals surface area contributed by atoms with E-state index in [1.54, 1.807) is 42.2 Å². The monoisotopic (exact) mass is 370 g/mol. The molecule has 1 amide bonds. The van der Waals surface area contributed by atoms with Gasteiger partial charge >= 0.3 is 5.97 Å². The molecule has 2 aromatic rings. The first-order chi connectivity index (χ1) is 13.0. The van der Waals surface area contributed by atoms with Gasteiger partial charge in [-0.15, -0.1) is 0 Å². The Kier molecular flexibility index (Phi) is 5.88. The van der Waals surface area contributed by atoms with Crippen molar-refractivity contribution in [2.24, 2.45) is 11.8 Å². The summed E-state index contributed by atoms with van der Waals surface area (Å²) in [6.07, 6.45) is 5.47. The maximum atomic E-state index is 12.4. The highest BCUT2D eigenvalue weighted by Crippen LogP contribution is 2.29. The molecule has 1 aliphatic rings. The molecule has 7 nitrogen and oxygen atoms in total. The highest BCUT2D eigenvalue weighted by atomic mass is 16.5. The summed E-state index contributed by atoms with van der Waals surface area (Å²) in [7, 11) is 0. The third kappa shape index (κ3) is 4.53. The molecule has 0 bridgehead atoms. The highest BCUT2D eigenvalue weighted by molar-refractivity contribution is 5.92. The van der Waals surface area contributed by atoms with E-state index in [1.807, 2.05) is 0 Å². The maximum Gasteiger partial charge on any atom is 0.338 e. The van der Waals surface area contributed by atoms with Crippen LogP contribution in [0, 0.1) is 11.8 Å². The zero-order valence-electron chi connectivity index (χ0n) is 16.0. The number of nitrogens with one attached hydrogen (secondary N) is 1. The van der Waals surface area contributed by atoms with Crippen LogP contribution in [-0.2, 0) is 9.53 Å². The zero-order valence-corrected chi connectivity index (χ0v) is 16.0. The first-order valence-electron chi connectivity index (χ1n) is 9.42. The van der Waals surface area contributed by atoms with Crippen molar-refractivity contribution in [3.05, 3.63) is 42.5 Å². The Hall–Kier alpha value is -2.70. The molecule has 1 fully saturated rings. The van der Waals surface area contributed by atoms with Crippen LogP contribution in [0.2, 0.25) is 0 Å². The highest BCUT2D eigenvalue weighted by Gasteiger charge is 2.30. The quantitative estimate of drug-likeness (QED) is 0.818. The predicted molar refractivity (Wildman–Crippen MR) is 100 cm³/mol. The van der Waals surface area contributed by atoms with E-state index in [9.17, 15) is 9.59 Å². The van der Waals surface area contributed by atoms with Gasteiger partial charge in [0.25, 0.3) is 5.91 Å². The fourth-order valence-corrected chi connectivity index (χ4v) is 3.46. The van der Waals surface area contributed by atoms with Crippen LogP contribution in [0.1, 0.15) is 50.4 Å². The van der Waals surface area contributed by atoms with E-state index in [-0.39, 0.29) is 11.9 Å². The molecule has 27 heavy (non-hydrogen) atoms. The van der Waals surface area contributed by atoms with E-state index < -0.39 is 12.1 Å². The van der Waals surface area contributed by atoms with Crippen molar-refractivity contribution in [1.29, 1.82) is 0 Å². The Labute approximate surface area is 159 Å². The molecule has 1 saturated carbocycles. The summed E-state index contributed by atoms with van der Waals surface area (Å²) in [6.45, 7) is 5.99. The van der Waals surface area contributed by atoms with E-state index in [4.69, 9.17) is 4.74 Å². The molecule has 7 heteroatoms. The number of ether oxygens (including phenoxy) is 1. The van der Waals surface area contributed by atoms with Crippen LogP contribution >= 0.6 is 0 Å². The van der Waals surface area contributed by atoms with Gasteiger partial charge < -0.3 is 10.1 Å². The second kappa shape index (κ2) is 8.33. The van der Waals surface area contributed by atoms with Gasteiger partial charge in [-0.05, 0) is 49.4 Å². The van der Waals surface area contributed by atoms with Crippen LogP contribution in [0.4, 0.5) is 0 Å². The summed E-state index contributed by atoms with van der Waals surface area (Å²) in [5.74, 6) is 0.252. The smallest absolute Gasteiger partial charge is 0.338 e. The summed E-state index contributed by atoms with van der Waals surface area (Å²) in [5.41, 5.74) is 1.17. The van der Waals surface area contributed by atoms with Crippen LogP contribution in [0.3, 0.4) is 0 Å². The number of hydrogen-bond donors (Lipinski definition) is 1. The van der Waals surface area contributed by atoms with Crippen molar-refractivity contribution in [3.63, 3.8) is 0 Å². The first kappa shape index (κ1) is 19.1. The largest absolute Gasteiger partial charge is 0.449 e.